The Balaban J connectivity index is 1.40. The fraction of sp³-hybridized carbons (Fsp3) is 0.261. The summed E-state index contributed by atoms with van der Waals surface area (Å²) < 4.78 is 48.5. The molecule has 0 saturated carbocycles. The SMILES string of the molecule is Cc1nc(C(=O)N2CCC(F)(F)C2CNc2nc3cc(Cl)ccc3o2)c(-c2ccc(F)cc2)s1. The van der Waals surface area contributed by atoms with E-state index in [2.05, 4.69) is 15.3 Å². The highest BCUT2D eigenvalue weighted by Crippen LogP contribution is 2.38. The number of halogens is 4. The van der Waals surface area contributed by atoms with E-state index in [0.29, 0.717) is 31.6 Å². The number of nitrogens with zero attached hydrogens (tertiary/aromatic N) is 3. The molecular weight excluding hydrogens is 489 g/mol. The Labute approximate surface area is 201 Å². The molecule has 1 unspecified atom stereocenters. The number of thiazole rings is 1. The van der Waals surface area contributed by atoms with Crippen LogP contribution in [-0.2, 0) is 0 Å². The Hall–Kier alpha value is -3.11. The van der Waals surface area contributed by atoms with Crippen LogP contribution in [0.5, 0.6) is 0 Å². The number of fused-ring (bicyclic) bond motifs is 1. The molecule has 3 heterocycles. The van der Waals surface area contributed by atoms with Gasteiger partial charge in [0.05, 0.1) is 9.88 Å². The van der Waals surface area contributed by atoms with Crippen LogP contribution in [0, 0.1) is 12.7 Å². The smallest absolute Gasteiger partial charge is 0.295 e. The molecule has 2 aromatic heterocycles. The third-order valence-electron chi connectivity index (χ3n) is 5.65. The van der Waals surface area contributed by atoms with E-state index in [1.165, 1.54) is 35.6 Å². The van der Waals surface area contributed by atoms with Gasteiger partial charge in [-0.3, -0.25) is 4.79 Å². The lowest BCUT2D eigenvalue weighted by molar-refractivity contribution is -0.0250. The molecule has 1 aliphatic rings. The van der Waals surface area contributed by atoms with E-state index in [4.69, 9.17) is 16.0 Å². The maximum Gasteiger partial charge on any atom is 0.295 e. The van der Waals surface area contributed by atoms with Crippen molar-refractivity contribution in [2.75, 3.05) is 18.4 Å². The highest BCUT2D eigenvalue weighted by Gasteiger charge is 2.51. The fourth-order valence-electron chi connectivity index (χ4n) is 3.99. The molecule has 1 aliphatic heterocycles. The molecule has 1 atom stereocenters. The number of carbonyl (C=O) groups is 1. The Bertz CT molecular complexity index is 1370. The molecule has 4 aromatic rings. The van der Waals surface area contributed by atoms with Crippen molar-refractivity contribution >= 4 is 46.0 Å². The lowest BCUT2D eigenvalue weighted by atomic mass is 10.1. The molecule has 1 saturated heterocycles. The second-order valence-electron chi connectivity index (χ2n) is 7.95. The lowest BCUT2D eigenvalue weighted by Gasteiger charge is -2.27. The molecule has 0 aliphatic carbocycles. The maximum atomic E-state index is 14.8. The molecule has 6 nitrogen and oxygen atoms in total. The number of amides is 1. The zero-order valence-electron chi connectivity index (χ0n) is 17.8. The largest absolute Gasteiger partial charge is 0.424 e. The van der Waals surface area contributed by atoms with Gasteiger partial charge in [-0.1, -0.05) is 23.7 Å². The van der Waals surface area contributed by atoms with Gasteiger partial charge in [-0.25, -0.2) is 18.2 Å². The van der Waals surface area contributed by atoms with Crippen LogP contribution in [0.1, 0.15) is 21.9 Å². The van der Waals surface area contributed by atoms with Gasteiger partial charge in [-0.05, 0) is 42.8 Å². The van der Waals surface area contributed by atoms with Crippen molar-refractivity contribution in [1.82, 2.24) is 14.9 Å². The summed E-state index contributed by atoms with van der Waals surface area (Å²) in [5.74, 6) is -4.12. The first-order valence-corrected chi connectivity index (χ1v) is 11.6. The Morgan fingerprint density at radius 3 is 2.79 bits per heavy atom. The van der Waals surface area contributed by atoms with Crippen molar-refractivity contribution in [3.63, 3.8) is 0 Å². The van der Waals surface area contributed by atoms with Crippen molar-refractivity contribution in [1.29, 1.82) is 0 Å². The van der Waals surface area contributed by atoms with Gasteiger partial charge in [0, 0.05) is 24.5 Å². The van der Waals surface area contributed by atoms with E-state index in [9.17, 15) is 18.0 Å². The first kappa shape index (κ1) is 22.7. The Morgan fingerprint density at radius 2 is 2.03 bits per heavy atom. The third-order valence-corrected chi connectivity index (χ3v) is 6.90. The first-order chi connectivity index (χ1) is 16.2. The van der Waals surface area contributed by atoms with Gasteiger partial charge >= 0.3 is 0 Å². The first-order valence-electron chi connectivity index (χ1n) is 10.4. The molecule has 1 N–H and O–H groups in total. The van der Waals surface area contributed by atoms with Gasteiger partial charge in [0.15, 0.2) is 5.58 Å². The molecule has 11 heteroatoms. The number of benzene rings is 2. The number of carbonyl (C=O) groups excluding carboxylic acids is 1. The quantitative estimate of drug-likeness (QED) is 0.359. The zero-order valence-corrected chi connectivity index (χ0v) is 19.4. The summed E-state index contributed by atoms with van der Waals surface area (Å²) in [5, 5.41) is 3.87. The number of anilines is 1. The monoisotopic (exact) mass is 506 g/mol. The molecular formula is C23H18ClF3N4O2S. The molecule has 1 amide bonds. The molecule has 0 bridgehead atoms. The molecule has 2 aromatic carbocycles. The summed E-state index contributed by atoms with van der Waals surface area (Å²) in [7, 11) is 0. The number of hydrogen-bond donors (Lipinski definition) is 1. The number of likely N-dealkylation sites (tertiary alicyclic amines) is 1. The Morgan fingerprint density at radius 1 is 1.26 bits per heavy atom. The number of alkyl halides is 2. The van der Waals surface area contributed by atoms with E-state index in [1.807, 2.05) is 0 Å². The van der Waals surface area contributed by atoms with Crippen molar-refractivity contribution in [3.05, 3.63) is 64.0 Å². The van der Waals surface area contributed by atoms with E-state index < -0.39 is 30.1 Å². The number of aromatic nitrogens is 2. The number of oxazole rings is 1. The van der Waals surface area contributed by atoms with Crippen LogP contribution in [0.4, 0.5) is 19.2 Å². The summed E-state index contributed by atoms with van der Waals surface area (Å²) >= 11 is 7.21. The van der Waals surface area contributed by atoms with Crippen LogP contribution in [0.2, 0.25) is 5.02 Å². The average molecular weight is 507 g/mol. The van der Waals surface area contributed by atoms with E-state index >= 15 is 0 Å². The van der Waals surface area contributed by atoms with Crippen molar-refractivity contribution in [2.45, 2.75) is 25.3 Å². The minimum Gasteiger partial charge on any atom is -0.424 e. The lowest BCUT2D eigenvalue weighted by Crippen LogP contribution is -2.47. The molecule has 176 valence electrons. The summed E-state index contributed by atoms with van der Waals surface area (Å²) in [4.78, 5) is 23.6. The minimum absolute atomic E-state index is 0.0591. The highest BCUT2D eigenvalue weighted by atomic mass is 35.5. The average Bonchev–Trinajstić information content (AvgIpc) is 3.46. The zero-order chi connectivity index (χ0) is 24.0. The van der Waals surface area contributed by atoms with Crippen LogP contribution in [-0.4, -0.2) is 45.8 Å². The van der Waals surface area contributed by atoms with Crippen LogP contribution >= 0.6 is 22.9 Å². The van der Waals surface area contributed by atoms with E-state index in [-0.39, 0.29) is 24.8 Å². The van der Waals surface area contributed by atoms with Gasteiger partial charge in [0.2, 0.25) is 0 Å². The molecule has 0 spiro atoms. The highest BCUT2D eigenvalue weighted by molar-refractivity contribution is 7.15. The Kier molecular flexibility index (Phi) is 5.73. The molecule has 5 rings (SSSR count). The maximum absolute atomic E-state index is 14.8. The van der Waals surface area contributed by atoms with Crippen LogP contribution in [0.15, 0.2) is 46.9 Å². The molecule has 0 radical (unpaired) electrons. The van der Waals surface area contributed by atoms with Crippen molar-refractivity contribution < 1.29 is 22.4 Å². The second-order valence-corrected chi connectivity index (χ2v) is 9.59. The van der Waals surface area contributed by atoms with Crippen LogP contribution in [0.3, 0.4) is 0 Å². The predicted octanol–water partition coefficient (Wildman–Crippen LogP) is 6.01. The topological polar surface area (TPSA) is 71.3 Å². The number of rotatable bonds is 5. The molecule has 34 heavy (non-hydrogen) atoms. The summed E-state index contributed by atoms with van der Waals surface area (Å²) in [5.41, 5.74) is 1.62. The molecule has 1 fully saturated rings. The van der Waals surface area contributed by atoms with Gasteiger partial charge in [0.25, 0.3) is 17.8 Å². The van der Waals surface area contributed by atoms with Gasteiger partial charge in [0.1, 0.15) is 23.1 Å². The summed E-state index contributed by atoms with van der Waals surface area (Å²) in [6, 6.07) is 9.15. The normalized spacial score (nSPS) is 17.4. The fourth-order valence-corrected chi connectivity index (χ4v) is 5.07. The number of aryl methyl sites for hydroxylation is 1. The van der Waals surface area contributed by atoms with Gasteiger partial charge in [-0.15, -0.1) is 11.3 Å². The van der Waals surface area contributed by atoms with Crippen LogP contribution in [0.25, 0.3) is 21.5 Å². The second kappa shape index (κ2) is 8.59. The number of nitrogens with one attached hydrogen (secondary N) is 1. The standard InChI is InChI=1S/C23H18ClF3N4O2S/c1-12-29-19(20(34-12)13-2-5-15(25)6-3-13)21(32)31-9-8-23(26,27)18(31)11-28-22-30-16-10-14(24)4-7-17(16)33-22/h2-7,10,18H,8-9,11H2,1H3,(H,28,30). The predicted molar refractivity (Wildman–Crippen MR) is 124 cm³/mol. The van der Waals surface area contributed by atoms with E-state index in [1.54, 1.807) is 25.1 Å². The van der Waals surface area contributed by atoms with Gasteiger partial charge < -0.3 is 14.6 Å². The number of hydrogen-bond acceptors (Lipinski definition) is 6. The van der Waals surface area contributed by atoms with Gasteiger partial charge in [-0.2, -0.15) is 4.98 Å². The van der Waals surface area contributed by atoms with Crippen molar-refractivity contribution in [3.8, 4) is 10.4 Å². The minimum atomic E-state index is -3.11. The van der Waals surface area contributed by atoms with E-state index in [0.717, 1.165) is 4.90 Å². The summed E-state index contributed by atoms with van der Waals surface area (Å²) in [6.45, 7) is 1.33. The van der Waals surface area contributed by atoms with Crippen molar-refractivity contribution in [2.24, 2.45) is 0 Å². The summed E-state index contributed by atoms with van der Waals surface area (Å²) in [6.07, 6.45) is -0.469. The third kappa shape index (κ3) is 4.23. The van der Waals surface area contributed by atoms with Crippen LogP contribution < -0.4 is 5.32 Å².